The first-order chi connectivity index (χ1) is 9.79. The SMILES string of the molecule is CCC1=Nc2ccccc2C(c2ccccc2)NC1=O. The van der Waals surface area contributed by atoms with Crippen LogP contribution >= 0.6 is 0 Å². The molecule has 100 valence electrons. The minimum absolute atomic E-state index is 0.0856. The second-order valence-electron chi connectivity index (χ2n) is 4.79. The fourth-order valence-electron chi connectivity index (χ4n) is 2.47. The molecule has 0 saturated carbocycles. The summed E-state index contributed by atoms with van der Waals surface area (Å²) in [7, 11) is 0. The predicted octanol–water partition coefficient (Wildman–Crippen LogP) is 3.39. The number of benzene rings is 2. The quantitative estimate of drug-likeness (QED) is 0.887. The largest absolute Gasteiger partial charge is 0.340 e. The number of carbonyl (C=O) groups is 1. The molecule has 0 radical (unpaired) electrons. The number of nitrogens with zero attached hydrogens (tertiary/aromatic N) is 1. The van der Waals surface area contributed by atoms with Gasteiger partial charge in [-0.05, 0) is 18.1 Å². The van der Waals surface area contributed by atoms with Crippen molar-refractivity contribution in [1.82, 2.24) is 5.32 Å². The normalized spacial score (nSPS) is 17.8. The topological polar surface area (TPSA) is 41.5 Å². The summed E-state index contributed by atoms with van der Waals surface area (Å²) in [4.78, 5) is 16.8. The molecule has 1 amide bonds. The number of aliphatic imine (C=N–C) groups is 1. The average molecular weight is 264 g/mol. The molecule has 0 saturated heterocycles. The van der Waals surface area contributed by atoms with Gasteiger partial charge in [-0.25, -0.2) is 4.99 Å². The Kier molecular flexibility index (Phi) is 3.33. The van der Waals surface area contributed by atoms with Crippen LogP contribution in [0.3, 0.4) is 0 Å². The Bertz CT molecular complexity index is 662. The summed E-state index contributed by atoms with van der Waals surface area (Å²) >= 11 is 0. The van der Waals surface area contributed by atoms with Gasteiger partial charge in [-0.1, -0.05) is 55.5 Å². The summed E-state index contributed by atoms with van der Waals surface area (Å²) in [6.07, 6.45) is 0.627. The molecule has 0 aliphatic carbocycles. The highest BCUT2D eigenvalue weighted by atomic mass is 16.2. The van der Waals surface area contributed by atoms with E-state index in [0.717, 1.165) is 16.8 Å². The van der Waals surface area contributed by atoms with Crippen molar-refractivity contribution in [2.45, 2.75) is 19.4 Å². The minimum atomic E-state index is -0.146. The number of hydrogen-bond acceptors (Lipinski definition) is 2. The van der Waals surface area contributed by atoms with Crippen LogP contribution in [0.25, 0.3) is 0 Å². The maximum atomic E-state index is 12.3. The van der Waals surface area contributed by atoms with Crippen LogP contribution in [0.2, 0.25) is 0 Å². The van der Waals surface area contributed by atoms with E-state index in [9.17, 15) is 4.79 Å². The summed E-state index contributed by atoms with van der Waals surface area (Å²) in [6.45, 7) is 1.95. The van der Waals surface area contributed by atoms with E-state index in [1.165, 1.54) is 0 Å². The van der Waals surface area contributed by atoms with Gasteiger partial charge in [0, 0.05) is 5.56 Å². The number of amides is 1. The van der Waals surface area contributed by atoms with Gasteiger partial charge >= 0.3 is 0 Å². The lowest BCUT2D eigenvalue weighted by molar-refractivity contribution is -0.115. The molecular formula is C17H16N2O. The lowest BCUT2D eigenvalue weighted by Gasteiger charge is -2.18. The Hall–Kier alpha value is -2.42. The first kappa shape index (κ1) is 12.6. The molecule has 0 aromatic heterocycles. The van der Waals surface area contributed by atoms with E-state index in [1.54, 1.807) is 0 Å². The average Bonchev–Trinajstić information content (AvgIpc) is 2.65. The predicted molar refractivity (Wildman–Crippen MR) is 80.3 cm³/mol. The van der Waals surface area contributed by atoms with Gasteiger partial charge in [0.1, 0.15) is 5.71 Å². The number of fused-ring (bicyclic) bond motifs is 1. The van der Waals surface area contributed by atoms with Crippen molar-refractivity contribution < 1.29 is 4.79 Å². The Morgan fingerprint density at radius 2 is 1.75 bits per heavy atom. The molecule has 1 N–H and O–H groups in total. The van der Waals surface area contributed by atoms with Gasteiger partial charge in [0.05, 0.1) is 11.7 Å². The van der Waals surface area contributed by atoms with Crippen molar-refractivity contribution in [2.75, 3.05) is 0 Å². The summed E-state index contributed by atoms with van der Waals surface area (Å²) in [5, 5.41) is 3.08. The van der Waals surface area contributed by atoms with Crippen molar-refractivity contribution >= 4 is 17.3 Å². The fourth-order valence-corrected chi connectivity index (χ4v) is 2.47. The van der Waals surface area contributed by atoms with Crippen LogP contribution in [0.15, 0.2) is 59.6 Å². The summed E-state index contributed by atoms with van der Waals surface area (Å²) in [5.41, 5.74) is 3.56. The Labute approximate surface area is 118 Å². The van der Waals surface area contributed by atoms with Crippen molar-refractivity contribution in [3.05, 3.63) is 65.7 Å². The van der Waals surface area contributed by atoms with Crippen molar-refractivity contribution in [1.29, 1.82) is 0 Å². The Balaban J connectivity index is 2.13. The zero-order valence-electron chi connectivity index (χ0n) is 11.3. The van der Waals surface area contributed by atoms with E-state index >= 15 is 0 Å². The van der Waals surface area contributed by atoms with Crippen LogP contribution in [-0.4, -0.2) is 11.6 Å². The molecule has 20 heavy (non-hydrogen) atoms. The second kappa shape index (κ2) is 5.29. The molecule has 2 aromatic rings. The summed E-state index contributed by atoms with van der Waals surface area (Å²) in [6, 6.07) is 17.8. The monoisotopic (exact) mass is 264 g/mol. The molecule has 0 bridgehead atoms. The number of rotatable bonds is 2. The molecule has 0 fully saturated rings. The van der Waals surface area contributed by atoms with Gasteiger partial charge in [0.2, 0.25) is 0 Å². The third-order valence-corrected chi connectivity index (χ3v) is 3.51. The lowest BCUT2D eigenvalue weighted by atomic mass is 9.97. The van der Waals surface area contributed by atoms with Crippen molar-refractivity contribution in [3.8, 4) is 0 Å². The zero-order valence-corrected chi connectivity index (χ0v) is 11.3. The van der Waals surface area contributed by atoms with Gasteiger partial charge in [-0.2, -0.15) is 0 Å². The van der Waals surface area contributed by atoms with E-state index in [2.05, 4.69) is 10.3 Å². The maximum absolute atomic E-state index is 12.3. The lowest BCUT2D eigenvalue weighted by Crippen LogP contribution is -2.33. The number of hydrogen-bond donors (Lipinski definition) is 1. The fraction of sp³-hybridized carbons (Fsp3) is 0.176. The molecule has 3 heteroatoms. The van der Waals surface area contributed by atoms with E-state index in [4.69, 9.17) is 0 Å². The Morgan fingerprint density at radius 1 is 1.05 bits per heavy atom. The molecule has 1 heterocycles. The molecule has 1 aliphatic rings. The molecule has 3 rings (SSSR count). The van der Waals surface area contributed by atoms with Gasteiger partial charge in [-0.3, -0.25) is 4.79 Å². The van der Waals surface area contributed by atoms with Crippen LogP contribution < -0.4 is 5.32 Å². The van der Waals surface area contributed by atoms with Gasteiger partial charge < -0.3 is 5.32 Å². The van der Waals surface area contributed by atoms with Crippen LogP contribution in [0, 0.1) is 0 Å². The molecule has 2 aromatic carbocycles. The standard InChI is InChI=1S/C17H16N2O/c1-2-14-17(20)19-16(12-8-4-3-5-9-12)13-10-6-7-11-15(13)18-14/h3-11,16H,2H2,1H3,(H,19,20). The second-order valence-corrected chi connectivity index (χ2v) is 4.79. The van der Waals surface area contributed by atoms with E-state index in [-0.39, 0.29) is 11.9 Å². The number of nitrogens with one attached hydrogen (secondary N) is 1. The summed E-state index contributed by atoms with van der Waals surface area (Å²) < 4.78 is 0. The molecule has 3 nitrogen and oxygen atoms in total. The smallest absolute Gasteiger partial charge is 0.266 e. The van der Waals surface area contributed by atoms with Crippen LogP contribution in [-0.2, 0) is 4.79 Å². The highest BCUT2D eigenvalue weighted by Crippen LogP contribution is 2.32. The molecule has 1 aliphatic heterocycles. The molecule has 0 spiro atoms. The van der Waals surface area contributed by atoms with Gasteiger partial charge in [-0.15, -0.1) is 0 Å². The summed E-state index contributed by atoms with van der Waals surface area (Å²) in [5.74, 6) is -0.0856. The Morgan fingerprint density at radius 3 is 2.50 bits per heavy atom. The number of carbonyl (C=O) groups excluding carboxylic acids is 1. The van der Waals surface area contributed by atoms with E-state index < -0.39 is 0 Å². The molecule has 1 atom stereocenters. The first-order valence-electron chi connectivity index (χ1n) is 6.82. The molecular weight excluding hydrogens is 248 g/mol. The number of para-hydroxylation sites is 1. The third-order valence-electron chi connectivity index (χ3n) is 3.51. The van der Waals surface area contributed by atoms with Crippen LogP contribution in [0.5, 0.6) is 0 Å². The highest BCUT2D eigenvalue weighted by molar-refractivity contribution is 6.39. The first-order valence-corrected chi connectivity index (χ1v) is 6.82. The van der Waals surface area contributed by atoms with Crippen LogP contribution in [0.4, 0.5) is 5.69 Å². The highest BCUT2D eigenvalue weighted by Gasteiger charge is 2.24. The van der Waals surface area contributed by atoms with Gasteiger partial charge in [0.15, 0.2) is 0 Å². The van der Waals surface area contributed by atoms with E-state index in [1.807, 2.05) is 61.5 Å². The zero-order chi connectivity index (χ0) is 13.9. The molecule has 1 unspecified atom stereocenters. The van der Waals surface area contributed by atoms with Gasteiger partial charge in [0.25, 0.3) is 5.91 Å². The van der Waals surface area contributed by atoms with Crippen LogP contribution in [0.1, 0.15) is 30.5 Å². The maximum Gasteiger partial charge on any atom is 0.266 e. The van der Waals surface area contributed by atoms with E-state index in [0.29, 0.717) is 12.1 Å². The minimum Gasteiger partial charge on any atom is -0.340 e. The third kappa shape index (κ3) is 2.23. The van der Waals surface area contributed by atoms with Crippen molar-refractivity contribution in [2.24, 2.45) is 4.99 Å². The van der Waals surface area contributed by atoms with Crippen molar-refractivity contribution in [3.63, 3.8) is 0 Å².